The Hall–Kier alpha value is -1.60. The topological polar surface area (TPSA) is 64.2 Å². The largest absolute Gasteiger partial charge is 0.340 e. The van der Waals surface area contributed by atoms with E-state index in [1.807, 2.05) is 49.0 Å². The first-order valence-electron chi connectivity index (χ1n) is 8.42. The van der Waals surface area contributed by atoms with Crippen LogP contribution in [0.1, 0.15) is 29.2 Å². The van der Waals surface area contributed by atoms with Gasteiger partial charge in [0.1, 0.15) is 4.83 Å². The van der Waals surface area contributed by atoms with E-state index in [2.05, 4.69) is 18.9 Å². The van der Waals surface area contributed by atoms with Gasteiger partial charge in [0.15, 0.2) is 0 Å². The van der Waals surface area contributed by atoms with Crippen molar-refractivity contribution in [2.45, 2.75) is 20.8 Å². The first-order valence-corrected chi connectivity index (χ1v) is 9.62. The molecule has 2 heterocycles. The number of nitrogens with zero attached hydrogens (tertiary/aromatic N) is 3. The number of rotatable bonds is 5. The zero-order valence-electron chi connectivity index (χ0n) is 15.8. The summed E-state index contributed by atoms with van der Waals surface area (Å²) in [6.07, 6.45) is 0. The van der Waals surface area contributed by atoms with Crippen molar-refractivity contribution in [2.24, 2.45) is 11.1 Å². The molecule has 0 unspecified atom stereocenters. The highest BCUT2D eigenvalue weighted by Crippen LogP contribution is 2.32. The van der Waals surface area contributed by atoms with Crippen molar-refractivity contribution in [3.63, 3.8) is 0 Å². The van der Waals surface area contributed by atoms with E-state index in [1.54, 1.807) is 4.90 Å². The van der Waals surface area contributed by atoms with E-state index in [-0.39, 0.29) is 23.7 Å². The van der Waals surface area contributed by atoms with Crippen LogP contribution in [0.5, 0.6) is 0 Å². The maximum atomic E-state index is 12.9. The number of carbonyl (C=O) groups is 1. The van der Waals surface area contributed by atoms with Gasteiger partial charge in [-0.15, -0.1) is 23.7 Å². The van der Waals surface area contributed by atoms with Crippen LogP contribution in [-0.2, 0) is 0 Å². The Kier molecular flexibility index (Phi) is 6.58. The van der Waals surface area contributed by atoms with Gasteiger partial charge in [-0.25, -0.2) is 4.68 Å². The van der Waals surface area contributed by atoms with Crippen LogP contribution in [0.3, 0.4) is 0 Å². The van der Waals surface area contributed by atoms with Crippen LogP contribution in [0, 0.1) is 12.3 Å². The Morgan fingerprint density at radius 1 is 1.37 bits per heavy atom. The maximum absolute atomic E-state index is 12.9. The zero-order valence-corrected chi connectivity index (χ0v) is 18.2. The summed E-state index contributed by atoms with van der Waals surface area (Å²) in [5, 5.41) is 6.25. The number of halogens is 2. The Morgan fingerprint density at radius 3 is 2.70 bits per heavy atom. The molecule has 0 aliphatic carbocycles. The molecule has 0 spiro atoms. The van der Waals surface area contributed by atoms with Crippen LogP contribution >= 0.6 is 35.3 Å². The van der Waals surface area contributed by atoms with E-state index >= 15 is 0 Å². The molecule has 27 heavy (non-hydrogen) atoms. The average molecular weight is 427 g/mol. The van der Waals surface area contributed by atoms with Gasteiger partial charge < -0.3 is 10.6 Å². The quantitative estimate of drug-likeness (QED) is 0.651. The number of thiophene rings is 1. The van der Waals surface area contributed by atoms with Gasteiger partial charge in [-0.05, 0) is 43.1 Å². The number of aryl methyl sites for hydroxylation is 1. The summed E-state index contributed by atoms with van der Waals surface area (Å²) in [7, 11) is 1.82. The highest BCUT2D eigenvalue weighted by atomic mass is 35.5. The highest BCUT2D eigenvalue weighted by molar-refractivity contribution is 7.20. The molecule has 0 bridgehead atoms. The lowest BCUT2D eigenvalue weighted by Gasteiger charge is -2.28. The van der Waals surface area contributed by atoms with Gasteiger partial charge in [-0.1, -0.05) is 31.5 Å². The van der Waals surface area contributed by atoms with Crippen LogP contribution < -0.4 is 5.73 Å². The molecule has 146 valence electrons. The van der Waals surface area contributed by atoms with Crippen molar-refractivity contribution in [3.8, 4) is 5.69 Å². The van der Waals surface area contributed by atoms with E-state index < -0.39 is 0 Å². The second kappa shape index (κ2) is 8.19. The molecule has 1 amide bonds. The van der Waals surface area contributed by atoms with Gasteiger partial charge in [0.2, 0.25) is 0 Å². The number of hydrogen-bond acceptors (Lipinski definition) is 4. The number of carbonyl (C=O) groups excluding carboxylic acids is 1. The maximum Gasteiger partial charge on any atom is 0.263 e. The third kappa shape index (κ3) is 4.46. The summed E-state index contributed by atoms with van der Waals surface area (Å²) in [6.45, 7) is 7.20. The van der Waals surface area contributed by atoms with Crippen molar-refractivity contribution < 1.29 is 4.79 Å². The van der Waals surface area contributed by atoms with Gasteiger partial charge in [-0.2, -0.15) is 5.10 Å². The molecule has 0 saturated heterocycles. The summed E-state index contributed by atoms with van der Waals surface area (Å²) >= 11 is 7.57. The Bertz CT molecular complexity index is 964. The molecule has 2 N–H and O–H groups in total. The second-order valence-electron chi connectivity index (χ2n) is 7.34. The number of aromatic nitrogens is 2. The Labute approximate surface area is 174 Å². The van der Waals surface area contributed by atoms with Crippen LogP contribution in [0.15, 0.2) is 30.3 Å². The first-order chi connectivity index (χ1) is 12.2. The van der Waals surface area contributed by atoms with Crippen molar-refractivity contribution in [3.05, 3.63) is 45.9 Å². The molecule has 0 fully saturated rings. The van der Waals surface area contributed by atoms with Gasteiger partial charge in [0, 0.05) is 24.0 Å². The molecule has 8 heteroatoms. The lowest BCUT2D eigenvalue weighted by molar-refractivity contribution is 0.0745. The van der Waals surface area contributed by atoms with E-state index in [1.165, 1.54) is 11.3 Å². The lowest BCUT2D eigenvalue weighted by Crippen LogP contribution is -2.39. The predicted octanol–water partition coefficient (Wildman–Crippen LogP) is 4.53. The molecule has 0 radical (unpaired) electrons. The molecule has 0 atom stereocenters. The third-order valence-corrected chi connectivity index (χ3v) is 5.71. The second-order valence-corrected chi connectivity index (χ2v) is 8.80. The van der Waals surface area contributed by atoms with Gasteiger partial charge in [0.25, 0.3) is 5.91 Å². The minimum Gasteiger partial charge on any atom is -0.340 e. The lowest BCUT2D eigenvalue weighted by atomic mass is 9.93. The average Bonchev–Trinajstić information content (AvgIpc) is 3.14. The SMILES string of the molecule is Cc1nn(-c2cccc(Cl)c2)c2sc(C(=O)N(C)CC(C)(C)CN)cc12.Cl. The van der Waals surface area contributed by atoms with Gasteiger partial charge >= 0.3 is 0 Å². The normalized spacial score (nSPS) is 11.5. The fourth-order valence-electron chi connectivity index (χ4n) is 2.90. The molecule has 0 saturated carbocycles. The van der Waals surface area contributed by atoms with Gasteiger partial charge in [-0.3, -0.25) is 4.79 Å². The number of benzene rings is 1. The summed E-state index contributed by atoms with van der Waals surface area (Å²) in [5.74, 6) is 0.00442. The van der Waals surface area contributed by atoms with E-state index in [0.29, 0.717) is 23.0 Å². The number of amides is 1. The Morgan fingerprint density at radius 2 is 2.07 bits per heavy atom. The monoisotopic (exact) mass is 426 g/mol. The third-order valence-electron chi connectivity index (χ3n) is 4.37. The number of fused-ring (bicyclic) bond motifs is 1. The van der Waals surface area contributed by atoms with Crippen molar-refractivity contribution in [1.82, 2.24) is 14.7 Å². The van der Waals surface area contributed by atoms with Crippen molar-refractivity contribution in [2.75, 3.05) is 20.1 Å². The summed E-state index contributed by atoms with van der Waals surface area (Å²) in [6, 6.07) is 9.47. The molecule has 3 rings (SSSR count). The fraction of sp³-hybridized carbons (Fsp3) is 0.368. The molecule has 0 aliphatic heterocycles. The summed E-state index contributed by atoms with van der Waals surface area (Å²) < 4.78 is 1.85. The molecular weight excluding hydrogens is 403 g/mol. The molecule has 0 aliphatic rings. The van der Waals surface area contributed by atoms with Crippen LogP contribution in [0.25, 0.3) is 15.9 Å². The van der Waals surface area contributed by atoms with Crippen molar-refractivity contribution >= 4 is 51.5 Å². The molecule has 1 aromatic carbocycles. The summed E-state index contributed by atoms with van der Waals surface area (Å²) in [4.78, 5) is 16.2. The molecule has 2 aromatic heterocycles. The molecule has 3 aromatic rings. The summed E-state index contributed by atoms with van der Waals surface area (Å²) in [5.41, 5.74) is 7.45. The minimum absolute atomic E-state index is 0. The standard InChI is InChI=1S/C19H23ClN4OS.ClH/c1-12-15-9-16(17(25)23(4)11-19(2,3)10-21)26-18(15)24(22-12)14-7-5-6-13(20)8-14;/h5-9H,10-11,21H2,1-4H3;1H. The smallest absolute Gasteiger partial charge is 0.263 e. The van der Waals surface area contributed by atoms with Crippen LogP contribution in [0.2, 0.25) is 5.02 Å². The van der Waals surface area contributed by atoms with Crippen LogP contribution in [0.4, 0.5) is 0 Å². The number of nitrogens with two attached hydrogens (primary N) is 1. The first kappa shape index (κ1) is 21.7. The molecular formula is C19H24Cl2N4OS. The van der Waals surface area contributed by atoms with Gasteiger partial charge in [0.05, 0.1) is 16.3 Å². The fourth-order valence-corrected chi connectivity index (χ4v) is 4.26. The van der Waals surface area contributed by atoms with Crippen LogP contribution in [-0.4, -0.2) is 40.7 Å². The minimum atomic E-state index is -0.116. The predicted molar refractivity (Wildman–Crippen MR) is 116 cm³/mol. The van der Waals surface area contributed by atoms with Crippen molar-refractivity contribution in [1.29, 1.82) is 0 Å². The molecule has 5 nitrogen and oxygen atoms in total. The van der Waals surface area contributed by atoms with E-state index in [4.69, 9.17) is 17.3 Å². The van der Waals surface area contributed by atoms with E-state index in [0.717, 1.165) is 21.6 Å². The zero-order chi connectivity index (χ0) is 19.1. The Balaban J connectivity index is 0.00000261. The highest BCUT2D eigenvalue weighted by Gasteiger charge is 2.24. The van der Waals surface area contributed by atoms with E-state index in [9.17, 15) is 4.79 Å². The number of hydrogen-bond donors (Lipinski definition) is 1.